The highest BCUT2D eigenvalue weighted by Crippen LogP contribution is 2.44. The average molecular weight is 734 g/mol. The Kier molecular flexibility index (Phi) is 11.1. The van der Waals surface area contributed by atoms with E-state index < -0.39 is 50.1 Å². The van der Waals surface area contributed by atoms with Crippen molar-refractivity contribution < 1.29 is 28.5 Å². The zero-order valence-corrected chi connectivity index (χ0v) is 31.9. The number of anilines is 1. The van der Waals surface area contributed by atoms with Gasteiger partial charge in [-0.3, -0.25) is 9.36 Å². The minimum Gasteiger partial charge on any atom is -0.497 e. The molecule has 6 rings (SSSR count). The molecule has 276 valence electrons. The second-order valence-corrected chi connectivity index (χ2v) is 19.4. The fourth-order valence-electron chi connectivity index (χ4n) is 6.31. The second kappa shape index (κ2) is 15.6. The van der Waals surface area contributed by atoms with E-state index in [1.165, 1.54) is 16.8 Å². The first-order chi connectivity index (χ1) is 25.3. The van der Waals surface area contributed by atoms with Crippen LogP contribution < -0.4 is 15.7 Å². The summed E-state index contributed by atoms with van der Waals surface area (Å²) in [5, 5.41) is 14.5. The monoisotopic (exact) mass is 733 g/mol. The molecule has 4 aromatic carbocycles. The molecule has 4 atom stereocenters. The van der Waals surface area contributed by atoms with Crippen molar-refractivity contribution in [1.29, 1.82) is 0 Å². The van der Waals surface area contributed by atoms with Crippen molar-refractivity contribution in [2.24, 2.45) is 0 Å². The smallest absolute Gasteiger partial charge is 0.351 e. The average Bonchev–Trinajstić information content (AvgIpc) is 3.46. The number of aromatic nitrogens is 2. The summed E-state index contributed by atoms with van der Waals surface area (Å²) in [6.07, 6.45) is -2.51. The van der Waals surface area contributed by atoms with Crippen molar-refractivity contribution in [3.63, 3.8) is 0 Å². The van der Waals surface area contributed by atoms with Crippen LogP contribution in [0.3, 0.4) is 0 Å². The molecule has 4 unspecified atom stereocenters. The van der Waals surface area contributed by atoms with Crippen molar-refractivity contribution in [2.75, 3.05) is 19.0 Å². The van der Waals surface area contributed by atoms with E-state index in [1.54, 1.807) is 31.4 Å². The summed E-state index contributed by atoms with van der Waals surface area (Å²) >= 11 is 0. The molecule has 1 aliphatic rings. The van der Waals surface area contributed by atoms with Gasteiger partial charge in [-0.2, -0.15) is 4.98 Å². The van der Waals surface area contributed by atoms with Gasteiger partial charge in [0.1, 0.15) is 35.5 Å². The SMILES string of the molecule is COc1ccc(C(OCC2OC(n3ccc(NC(=O)c4ccccc4)nc3=O)C(O[Si](C)(C)C(C)(C)C)C2O)(c2ccccc2)c2ccccc2)cc1. The van der Waals surface area contributed by atoms with E-state index in [1.807, 2.05) is 91.0 Å². The fraction of sp³-hybridized carbons (Fsp3) is 0.310. The number of hydrogen-bond acceptors (Lipinski definition) is 8. The van der Waals surface area contributed by atoms with E-state index in [0.29, 0.717) is 11.3 Å². The Labute approximate surface area is 311 Å². The highest BCUT2D eigenvalue weighted by Gasteiger charge is 2.51. The number of carbonyl (C=O) groups excluding carboxylic acids is 1. The molecule has 5 aromatic rings. The molecule has 0 bridgehead atoms. The van der Waals surface area contributed by atoms with E-state index in [2.05, 4.69) is 44.2 Å². The van der Waals surface area contributed by atoms with Gasteiger partial charge in [-0.1, -0.05) is 112 Å². The van der Waals surface area contributed by atoms with Gasteiger partial charge in [-0.25, -0.2) is 4.79 Å². The van der Waals surface area contributed by atoms with Crippen LogP contribution in [0.15, 0.2) is 132 Å². The van der Waals surface area contributed by atoms with E-state index in [4.69, 9.17) is 18.6 Å². The molecule has 0 spiro atoms. The molecular weight excluding hydrogens is 687 g/mol. The van der Waals surface area contributed by atoms with Gasteiger partial charge in [0.25, 0.3) is 5.91 Å². The van der Waals surface area contributed by atoms with Crippen molar-refractivity contribution in [2.45, 2.75) is 69.0 Å². The van der Waals surface area contributed by atoms with Crippen LogP contribution in [0.2, 0.25) is 18.1 Å². The third-order valence-corrected chi connectivity index (χ3v) is 14.7. The Morgan fingerprint density at radius 3 is 1.92 bits per heavy atom. The third-order valence-electron chi connectivity index (χ3n) is 10.3. The number of nitrogens with one attached hydrogen (secondary N) is 1. The Balaban J connectivity index is 1.36. The van der Waals surface area contributed by atoms with Crippen molar-refractivity contribution in [1.82, 2.24) is 9.55 Å². The normalized spacial score (nSPS) is 19.2. The standard InChI is InChI=1S/C42H47N3O7Si/c1-41(2,3)53(5,6)52-37-36(46)34(51-39(37)45-27-26-35(44-40(45)48)43-38(47)29-16-10-7-11-17-29)28-50-42(30-18-12-8-13-19-30,31-20-14-9-15-21-31)32-22-24-33(49-4)25-23-32/h7-27,34,36-37,39,46H,28H2,1-6H3,(H,43,44,47,48). The van der Waals surface area contributed by atoms with Crippen molar-refractivity contribution in [3.8, 4) is 5.75 Å². The summed E-state index contributed by atoms with van der Waals surface area (Å²) in [6.45, 7) is 10.4. The van der Waals surface area contributed by atoms with Gasteiger partial charge in [0.2, 0.25) is 0 Å². The number of methoxy groups -OCH3 is 1. The van der Waals surface area contributed by atoms with Gasteiger partial charge in [0, 0.05) is 11.8 Å². The zero-order valence-electron chi connectivity index (χ0n) is 30.9. The molecule has 1 fully saturated rings. The predicted octanol–water partition coefficient (Wildman–Crippen LogP) is 7.16. The second-order valence-electron chi connectivity index (χ2n) is 14.7. The lowest BCUT2D eigenvalue weighted by Gasteiger charge is -2.40. The van der Waals surface area contributed by atoms with Crippen LogP contribution in [-0.4, -0.2) is 60.9 Å². The predicted molar refractivity (Wildman–Crippen MR) is 207 cm³/mol. The lowest BCUT2D eigenvalue weighted by atomic mass is 9.80. The van der Waals surface area contributed by atoms with Crippen LogP contribution >= 0.6 is 0 Å². The van der Waals surface area contributed by atoms with E-state index in [9.17, 15) is 14.7 Å². The van der Waals surface area contributed by atoms with Crippen LogP contribution in [0.5, 0.6) is 5.75 Å². The zero-order chi connectivity index (χ0) is 37.8. The largest absolute Gasteiger partial charge is 0.497 e. The number of benzene rings is 4. The molecule has 53 heavy (non-hydrogen) atoms. The number of ether oxygens (including phenoxy) is 3. The Bertz CT molecular complexity index is 2000. The number of aliphatic hydroxyl groups is 1. The quantitative estimate of drug-likeness (QED) is 0.102. The molecule has 1 saturated heterocycles. The fourth-order valence-corrected chi connectivity index (χ4v) is 7.60. The van der Waals surface area contributed by atoms with Gasteiger partial charge in [-0.15, -0.1) is 0 Å². The number of amides is 1. The summed E-state index contributed by atoms with van der Waals surface area (Å²) in [6, 6.07) is 37.8. The molecule has 11 heteroatoms. The lowest BCUT2D eigenvalue weighted by Crippen LogP contribution is -2.49. The highest BCUT2D eigenvalue weighted by atomic mass is 28.4. The number of rotatable bonds is 12. The number of hydrogen-bond donors (Lipinski definition) is 2. The molecule has 2 N–H and O–H groups in total. The van der Waals surface area contributed by atoms with Gasteiger partial charge in [-0.05, 0) is 65.2 Å². The van der Waals surface area contributed by atoms with Crippen LogP contribution in [0.25, 0.3) is 0 Å². The summed E-state index contributed by atoms with van der Waals surface area (Å²) in [5.74, 6) is 0.406. The molecule has 0 saturated carbocycles. The third kappa shape index (κ3) is 7.90. The van der Waals surface area contributed by atoms with Gasteiger partial charge in [0.15, 0.2) is 14.5 Å². The maximum atomic E-state index is 13.6. The first-order valence-electron chi connectivity index (χ1n) is 17.7. The minimum absolute atomic E-state index is 0.0573. The Morgan fingerprint density at radius 1 is 0.849 bits per heavy atom. The van der Waals surface area contributed by atoms with Crippen LogP contribution in [0, 0.1) is 0 Å². The summed E-state index contributed by atoms with van der Waals surface area (Å²) in [5.41, 5.74) is 1.26. The first-order valence-corrected chi connectivity index (χ1v) is 20.6. The van der Waals surface area contributed by atoms with Crippen molar-refractivity contribution >= 4 is 20.0 Å². The Morgan fingerprint density at radius 2 is 1.40 bits per heavy atom. The maximum Gasteiger partial charge on any atom is 0.351 e. The molecular formula is C42H47N3O7Si. The van der Waals surface area contributed by atoms with Crippen molar-refractivity contribution in [3.05, 3.63) is 160 Å². The van der Waals surface area contributed by atoms with Gasteiger partial charge < -0.3 is 29.1 Å². The lowest BCUT2D eigenvalue weighted by molar-refractivity contribution is -0.0956. The van der Waals surface area contributed by atoms with E-state index >= 15 is 0 Å². The van der Waals surface area contributed by atoms with Crippen LogP contribution in [0.4, 0.5) is 5.82 Å². The molecule has 0 radical (unpaired) electrons. The van der Waals surface area contributed by atoms with E-state index in [-0.39, 0.29) is 17.5 Å². The first kappa shape index (κ1) is 37.8. The van der Waals surface area contributed by atoms with Crippen LogP contribution in [-0.2, 0) is 19.5 Å². The van der Waals surface area contributed by atoms with Crippen LogP contribution in [0.1, 0.15) is 54.0 Å². The molecule has 2 heterocycles. The number of aliphatic hydroxyl groups excluding tert-OH is 1. The van der Waals surface area contributed by atoms with E-state index in [0.717, 1.165) is 16.7 Å². The summed E-state index contributed by atoms with van der Waals surface area (Å²) in [4.78, 5) is 30.6. The summed E-state index contributed by atoms with van der Waals surface area (Å²) < 4.78 is 27.3. The molecule has 10 nitrogen and oxygen atoms in total. The topological polar surface area (TPSA) is 121 Å². The number of nitrogens with zero attached hydrogens (tertiary/aromatic N) is 2. The minimum atomic E-state index is -2.52. The van der Waals surface area contributed by atoms with Gasteiger partial charge in [0.05, 0.1) is 13.7 Å². The molecule has 1 aromatic heterocycles. The molecule has 1 aliphatic heterocycles. The number of carbonyl (C=O) groups is 1. The summed E-state index contributed by atoms with van der Waals surface area (Å²) in [7, 11) is -0.891. The molecule has 1 amide bonds. The van der Waals surface area contributed by atoms with Gasteiger partial charge >= 0.3 is 5.69 Å². The maximum absolute atomic E-state index is 13.6. The molecule has 0 aliphatic carbocycles. The highest BCUT2D eigenvalue weighted by molar-refractivity contribution is 6.74. The Hall–Kier alpha value is -4.91.